The van der Waals surface area contributed by atoms with Crippen molar-refractivity contribution >= 4 is 32.4 Å². The highest BCUT2D eigenvalue weighted by atomic mass is 32.2. The molecule has 1 aliphatic carbocycles. The number of ether oxygens (including phenoxy) is 2. The van der Waals surface area contributed by atoms with Crippen LogP contribution < -0.4 is 9.46 Å². The Hall–Kier alpha value is -3.06. The van der Waals surface area contributed by atoms with E-state index in [1.165, 1.54) is 6.42 Å². The molecule has 3 aromatic rings. The number of benzene rings is 3. The standard InChI is InChI=1S/C30H36N2O4S/c1-19(2)27-18-35-30(31-27)26-10-7-11-28(36-24-15-20(3)14-21(4)16-24)29(26)32-37(33,34)25-13-12-22-8-5-6-9-23(22)17-25/h5-13,17,19-21,24,27,32H,14-16,18H2,1-4H3/t20-,21+,24?,27-/m1/s1. The second kappa shape index (κ2) is 10.4. The van der Waals surface area contributed by atoms with E-state index in [1.807, 2.05) is 48.5 Å². The molecular formula is C30H36N2O4S. The van der Waals surface area contributed by atoms with Crippen molar-refractivity contribution in [2.75, 3.05) is 11.3 Å². The third kappa shape index (κ3) is 5.61. The van der Waals surface area contributed by atoms with Crippen LogP contribution in [0.15, 0.2) is 70.6 Å². The van der Waals surface area contributed by atoms with Gasteiger partial charge < -0.3 is 9.47 Å². The monoisotopic (exact) mass is 520 g/mol. The van der Waals surface area contributed by atoms with E-state index in [2.05, 4.69) is 32.4 Å². The van der Waals surface area contributed by atoms with Gasteiger partial charge in [0.15, 0.2) is 0 Å². The van der Waals surface area contributed by atoms with Crippen molar-refractivity contribution in [2.45, 2.75) is 64.0 Å². The summed E-state index contributed by atoms with van der Waals surface area (Å²) in [6, 6.07) is 18.5. The quantitative estimate of drug-likeness (QED) is 0.379. The zero-order chi connectivity index (χ0) is 26.2. The summed E-state index contributed by atoms with van der Waals surface area (Å²) in [7, 11) is -3.91. The zero-order valence-electron chi connectivity index (χ0n) is 22.0. The minimum atomic E-state index is -3.91. The van der Waals surface area contributed by atoms with E-state index in [9.17, 15) is 8.42 Å². The van der Waals surface area contributed by atoms with Crippen molar-refractivity contribution in [3.8, 4) is 5.75 Å². The average Bonchev–Trinajstić information content (AvgIpc) is 3.35. The van der Waals surface area contributed by atoms with Crippen molar-refractivity contribution in [3.05, 3.63) is 66.2 Å². The van der Waals surface area contributed by atoms with Crippen molar-refractivity contribution < 1.29 is 17.9 Å². The number of nitrogens with zero attached hydrogens (tertiary/aromatic N) is 1. The first kappa shape index (κ1) is 25.6. The fourth-order valence-corrected chi connectivity index (χ4v) is 6.59. The van der Waals surface area contributed by atoms with Crippen LogP contribution in [0.5, 0.6) is 5.75 Å². The topological polar surface area (TPSA) is 77.0 Å². The Balaban J connectivity index is 1.54. The molecule has 6 nitrogen and oxygen atoms in total. The minimum Gasteiger partial charge on any atom is -0.488 e. The summed E-state index contributed by atoms with van der Waals surface area (Å²) in [5.41, 5.74) is 0.978. The molecule has 0 saturated heterocycles. The maximum Gasteiger partial charge on any atom is 0.262 e. The van der Waals surface area contributed by atoms with Gasteiger partial charge in [-0.3, -0.25) is 4.72 Å². The number of hydrogen-bond acceptors (Lipinski definition) is 5. The van der Waals surface area contributed by atoms with Gasteiger partial charge in [-0.15, -0.1) is 0 Å². The van der Waals surface area contributed by atoms with Gasteiger partial charge in [0, 0.05) is 0 Å². The van der Waals surface area contributed by atoms with Crippen LogP contribution in [-0.4, -0.2) is 33.1 Å². The number of hydrogen-bond donors (Lipinski definition) is 1. The Labute approximate surface area is 220 Å². The molecule has 1 unspecified atom stereocenters. The molecule has 1 heterocycles. The average molecular weight is 521 g/mol. The molecule has 1 aliphatic heterocycles. The number of sulfonamides is 1. The van der Waals surface area contributed by atoms with Gasteiger partial charge in [0.2, 0.25) is 5.90 Å². The van der Waals surface area contributed by atoms with Gasteiger partial charge in [0.25, 0.3) is 10.0 Å². The van der Waals surface area contributed by atoms with E-state index in [0.717, 1.165) is 23.6 Å². The fourth-order valence-electron chi connectivity index (χ4n) is 5.47. The molecule has 7 heteroatoms. The zero-order valence-corrected chi connectivity index (χ0v) is 22.8. The molecule has 4 atom stereocenters. The molecule has 1 saturated carbocycles. The first-order valence-corrected chi connectivity index (χ1v) is 14.7. The van der Waals surface area contributed by atoms with Gasteiger partial charge in [0.1, 0.15) is 18.0 Å². The Morgan fingerprint density at radius 3 is 2.38 bits per heavy atom. The van der Waals surface area contributed by atoms with E-state index in [-0.39, 0.29) is 17.0 Å². The molecular weight excluding hydrogens is 484 g/mol. The Morgan fingerprint density at radius 2 is 1.68 bits per heavy atom. The highest BCUT2D eigenvalue weighted by molar-refractivity contribution is 7.92. The van der Waals surface area contributed by atoms with E-state index >= 15 is 0 Å². The summed E-state index contributed by atoms with van der Waals surface area (Å²) in [5, 5.41) is 1.85. The molecule has 1 N–H and O–H groups in total. The van der Waals surface area contributed by atoms with Gasteiger partial charge in [-0.1, -0.05) is 64.1 Å². The van der Waals surface area contributed by atoms with E-state index < -0.39 is 10.0 Å². The lowest BCUT2D eigenvalue weighted by Gasteiger charge is -2.32. The number of rotatable bonds is 7. The van der Waals surface area contributed by atoms with Crippen molar-refractivity contribution in [1.29, 1.82) is 0 Å². The predicted octanol–water partition coefficient (Wildman–Crippen LogP) is 6.65. The SMILES string of the molecule is CC(C)[C@H]1COC(c2cccc(OC3C[C@@H](C)C[C@@H](C)C3)c2NS(=O)(=O)c2ccc3ccccc3c2)=N1. The Kier molecular flexibility index (Phi) is 7.17. The summed E-state index contributed by atoms with van der Waals surface area (Å²) < 4.78 is 42.7. The lowest BCUT2D eigenvalue weighted by Crippen LogP contribution is -2.29. The third-order valence-corrected chi connectivity index (χ3v) is 8.74. The highest BCUT2D eigenvalue weighted by Gasteiger charge is 2.30. The summed E-state index contributed by atoms with van der Waals surface area (Å²) in [6.07, 6.45) is 3.09. The van der Waals surface area contributed by atoms with Crippen molar-refractivity contribution in [1.82, 2.24) is 0 Å². The first-order chi connectivity index (χ1) is 17.7. The summed E-state index contributed by atoms with van der Waals surface area (Å²) in [4.78, 5) is 4.97. The van der Waals surface area contributed by atoms with Crippen LogP contribution in [-0.2, 0) is 14.8 Å². The minimum absolute atomic E-state index is 0.0211. The first-order valence-electron chi connectivity index (χ1n) is 13.2. The van der Waals surface area contributed by atoms with Gasteiger partial charge in [0.05, 0.1) is 22.6 Å². The second-order valence-electron chi connectivity index (χ2n) is 11.0. The number of fused-ring (bicyclic) bond motifs is 1. The number of nitrogens with one attached hydrogen (secondary N) is 1. The second-order valence-corrected chi connectivity index (χ2v) is 12.7. The number of para-hydroxylation sites is 1. The maximum atomic E-state index is 13.7. The van der Waals surface area contributed by atoms with Crippen molar-refractivity contribution in [3.63, 3.8) is 0 Å². The van der Waals surface area contributed by atoms with Crippen LogP contribution in [0.3, 0.4) is 0 Å². The maximum absolute atomic E-state index is 13.7. The molecule has 5 rings (SSSR count). The predicted molar refractivity (Wildman–Crippen MR) is 149 cm³/mol. The fraction of sp³-hybridized carbons (Fsp3) is 0.433. The van der Waals surface area contributed by atoms with Crippen LogP contribution in [0.2, 0.25) is 0 Å². The Bertz CT molecular complexity index is 1410. The number of aliphatic imine (C=N–C) groups is 1. The molecule has 0 spiro atoms. The van der Waals surface area contributed by atoms with E-state index in [0.29, 0.717) is 47.3 Å². The van der Waals surface area contributed by atoms with Crippen LogP contribution in [0.1, 0.15) is 52.5 Å². The highest BCUT2D eigenvalue weighted by Crippen LogP contribution is 2.37. The van der Waals surface area contributed by atoms with E-state index in [1.54, 1.807) is 12.1 Å². The molecule has 0 bridgehead atoms. The van der Waals surface area contributed by atoms with Crippen molar-refractivity contribution in [2.24, 2.45) is 22.7 Å². The summed E-state index contributed by atoms with van der Waals surface area (Å²) >= 11 is 0. The van der Waals surface area contributed by atoms with Crippen LogP contribution >= 0.6 is 0 Å². The molecule has 37 heavy (non-hydrogen) atoms. The molecule has 1 fully saturated rings. The molecule has 0 amide bonds. The normalized spacial score (nSPS) is 24.1. The summed E-state index contributed by atoms with van der Waals surface area (Å²) in [5.74, 6) is 2.39. The van der Waals surface area contributed by atoms with Crippen LogP contribution in [0.4, 0.5) is 5.69 Å². The van der Waals surface area contributed by atoms with Gasteiger partial charge in [-0.2, -0.15) is 0 Å². The number of anilines is 1. The summed E-state index contributed by atoms with van der Waals surface area (Å²) in [6.45, 7) is 9.19. The molecule has 0 radical (unpaired) electrons. The largest absolute Gasteiger partial charge is 0.488 e. The smallest absolute Gasteiger partial charge is 0.262 e. The van der Waals surface area contributed by atoms with Gasteiger partial charge in [-0.25, -0.2) is 13.4 Å². The van der Waals surface area contributed by atoms with Crippen LogP contribution in [0, 0.1) is 17.8 Å². The molecule has 3 aromatic carbocycles. The lowest BCUT2D eigenvalue weighted by atomic mass is 9.82. The Morgan fingerprint density at radius 1 is 0.946 bits per heavy atom. The molecule has 0 aromatic heterocycles. The molecule has 2 aliphatic rings. The molecule has 196 valence electrons. The third-order valence-electron chi connectivity index (χ3n) is 7.40. The van der Waals surface area contributed by atoms with Gasteiger partial charge in [-0.05, 0) is 72.1 Å². The van der Waals surface area contributed by atoms with Gasteiger partial charge >= 0.3 is 0 Å². The lowest BCUT2D eigenvalue weighted by molar-refractivity contribution is 0.102. The van der Waals surface area contributed by atoms with Crippen LogP contribution in [0.25, 0.3) is 10.8 Å². The van der Waals surface area contributed by atoms with E-state index in [4.69, 9.17) is 14.5 Å².